The molecule has 2 aromatic rings. The SMILES string of the molecule is Cc1c(-c2nnnn2CC(C)CC(=O)O)cnn1C. The lowest BCUT2D eigenvalue weighted by atomic mass is 10.1. The lowest BCUT2D eigenvalue weighted by Gasteiger charge is -2.09. The predicted molar refractivity (Wildman–Crippen MR) is 66.2 cm³/mol. The maximum Gasteiger partial charge on any atom is 0.303 e. The Kier molecular flexibility index (Phi) is 3.59. The van der Waals surface area contributed by atoms with Gasteiger partial charge in [0, 0.05) is 25.7 Å². The fourth-order valence-corrected chi connectivity index (χ4v) is 1.90. The van der Waals surface area contributed by atoms with Crippen molar-refractivity contribution in [1.82, 2.24) is 30.0 Å². The quantitative estimate of drug-likeness (QED) is 0.844. The molecule has 0 aliphatic carbocycles. The second-order valence-corrected chi connectivity index (χ2v) is 4.65. The summed E-state index contributed by atoms with van der Waals surface area (Å²) in [6.45, 7) is 4.25. The Morgan fingerprint density at radius 1 is 1.53 bits per heavy atom. The highest BCUT2D eigenvalue weighted by Gasteiger charge is 2.17. The van der Waals surface area contributed by atoms with Gasteiger partial charge in [0.15, 0.2) is 5.82 Å². The van der Waals surface area contributed by atoms with Crippen LogP contribution in [0.15, 0.2) is 6.20 Å². The molecule has 0 saturated heterocycles. The van der Waals surface area contributed by atoms with E-state index in [1.54, 1.807) is 15.6 Å². The topological polar surface area (TPSA) is 98.7 Å². The van der Waals surface area contributed by atoms with Crippen LogP contribution in [0, 0.1) is 12.8 Å². The molecule has 0 radical (unpaired) electrons. The zero-order chi connectivity index (χ0) is 14.0. The summed E-state index contributed by atoms with van der Waals surface area (Å²) in [5.74, 6) is -0.251. The molecule has 0 aliphatic rings. The number of hydrogen-bond acceptors (Lipinski definition) is 5. The summed E-state index contributed by atoms with van der Waals surface area (Å²) in [6, 6.07) is 0. The van der Waals surface area contributed by atoms with Crippen LogP contribution in [-0.4, -0.2) is 41.1 Å². The van der Waals surface area contributed by atoms with Gasteiger partial charge in [-0.3, -0.25) is 9.48 Å². The first-order valence-electron chi connectivity index (χ1n) is 5.96. The third kappa shape index (κ3) is 2.78. The zero-order valence-electron chi connectivity index (χ0n) is 11.1. The van der Waals surface area contributed by atoms with E-state index in [0.29, 0.717) is 12.4 Å². The summed E-state index contributed by atoms with van der Waals surface area (Å²) in [7, 11) is 1.85. The number of carbonyl (C=O) groups is 1. The molecule has 8 heteroatoms. The number of tetrazole rings is 1. The maximum atomic E-state index is 10.7. The molecule has 19 heavy (non-hydrogen) atoms. The Labute approximate surface area is 110 Å². The van der Waals surface area contributed by atoms with Crippen molar-refractivity contribution in [2.45, 2.75) is 26.8 Å². The van der Waals surface area contributed by atoms with E-state index in [2.05, 4.69) is 20.6 Å². The van der Waals surface area contributed by atoms with Crippen molar-refractivity contribution in [2.75, 3.05) is 0 Å². The lowest BCUT2D eigenvalue weighted by molar-refractivity contribution is -0.138. The number of hydrogen-bond donors (Lipinski definition) is 1. The van der Waals surface area contributed by atoms with Gasteiger partial charge in [-0.05, 0) is 23.3 Å². The smallest absolute Gasteiger partial charge is 0.303 e. The van der Waals surface area contributed by atoms with Crippen LogP contribution in [0.2, 0.25) is 0 Å². The second-order valence-electron chi connectivity index (χ2n) is 4.65. The molecule has 0 aromatic carbocycles. The van der Waals surface area contributed by atoms with E-state index in [-0.39, 0.29) is 12.3 Å². The lowest BCUT2D eigenvalue weighted by Crippen LogP contribution is -2.14. The average Bonchev–Trinajstić information content (AvgIpc) is 2.87. The highest BCUT2D eigenvalue weighted by Crippen LogP contribution is 2.20. The van der Waals surface area contributed by atoms with Crippen molar-refractivity contribution >= 4 is 5.97 Å². The number of aryl methyl sites for hydroxylation is 1. The number of rotatable bonds is 5. The first-order chi connectivity index (χ1) is 8.99. The van der Waals surface area contributed by atoms with Crippen molar-refractivity contribution in [1.29, 1.82) is 0 Å². The van der Waals surface area contributed by atoms with Crippen LogP contribution in [-0.2, 0) is 18.4 Å². The molecule has 1 N–H and O–H groups in total. The largest absolute Gasteiger partial charge is 0.481 e. The summed E-state index contributed by atoms with van der Waals surface area (Å²) >= 11 is 0. The molecule has 8 nitrogen and oxygen atoms in total. The Bertz CT molecular complexity index is 588. The predicted octanol–water partition coefficient (Wildman–Crippen LogP) is 0.493. The highest BCUT2D eigenvalue weighted by molar-refractivity contribution is 5.66. The molecule has 2 aromatic heterocycles. The minimum atomic E-state index is -0.820. The third-order valence-corrected chi connectivity index (χ3v) is 3.02. The van der Waals surface area contributed by atoms with Crippen LogP contribution >= 0.6 is 0 Å². The van der Waals surface area contributed by atoms with Gasteiger partial charge in [0.2, 0.25) is 0 Å². The van der Waals surface area contributed by atoms with Crippen molar-refractivity contribution in [3.05, 3.63) is 11.9 Å². The summed E-state index contributed by atoms with van der Waals surface area (Å²) in [5.41, 5.74) is 1.82. The summed E-state index contributed by atoms with van der Waals surface area (Å²) in [5, 5.41) is 24.5. The Morgan fingerprint density at radius 3 is 2.84 bits per heavy atom. The summed E-state index contributed by atoms with van der Waals surface area (Å²) < 4.78 is 3.37. The average molecular weight is 264 g/mol. The summed E-state index contributed by atoms with van der Waals surface area (Å²) in [4.78, 5) is 10.7. The molecule has 1 atom stereocenters. The molecule has 0 saturated carbocycles. The Balaban J connectivity index is 2.23. The van der Waals surface area contributed by atoms with Gasteiger partial charge in [-0.2, -0.15) is 5.10 Å². The molecule has 0 bridgehead atoms. The van der Waals surface area contributed by atoms with Gasteiger partial charge in [0.1, 0.15) is 0 Å². The molecule has 2 rings (SSSR count). The van der Waals surface area contributed by atoms with E-state index in [1.807, 2.05) is 20.9 Å². The van der Waals surface area contributed by atoms with Crippen molar-refractivity contribution in [3.8, 4) is 11.4 Å². The minimum Gasteiger partial charge on any atom is -0.481 e. The molecule has 1 unspecified atom stereocenters. The molecule has 2 heterocycles. The summed E-state index contributed by atoms with van der Waals surface area (Å²) in [6.07, 6.45) is 1.80. The van der Waals surface area contributed by atoms with Gasteiger partial charge in [-0.25, -0.2) is 4.68 Å². The molecule has 0 spiro atoms. The van der Waals surface area contributed by atoms with E-state index in [4.69, 9.17) is 5.11 Å². The van der Waals surface area contributed by atoms with Crippen LogP contribution in [0.5, 0.6) is 0 Å². The number of aliphatic carboxylic acids is 1. The van der Waals surface area contributed by atoms with E-state index in [9.17, 15) is 4.79 Å². The van der Waals surface area contributed by atoms with Gasteiger partial charge in [-0.15, -0.1) is 5.10 Å². The van der Waals surface area contributed by atoms with Crippen molar-refractivity contribution < 1.29 is 9.90 Å². The van der Waals surface area contributed by atoms with Gasteiger partial charge in [-0.1, -0.05) is 6.92 Å². The maximum absolute atomic E-state index is 10.7. The van der Waals surface area contributed by atoms with E-state index in [1.165, 1.54) is 0 Å². The van der Waals surface area contributed by atoms with Crippen LogP contribution in [0.1, 0.15) is 19.0 Å². The number of aromatic nitrogens is 6. The molecule has 102 valence electrons. The molecule has 0 aliphatic heterocycles. The van der Waals surface area contributed by atoms with Crippen LogP contribution in [0.25, 0.3) is 11.4 Å². The Morgan fingerprint density at radius 2 is 2.26 bits per heavy atom. The van der Waals surface area contributed by atoms with E-state index in [0.717, 1.165) is 11.3 Å². The number of nitrogens with zero attached hydrogens (tertiary/aromatic N) is 6. The first kappa shape index (κ1) is 13.2. The zero-order valence-corrected chi connectivity index (χ0v) is 11.1. The standard InChI is InChI=1S/C11H16N6O2/c1-7(4-10(18)19)6-17-11(13-14-15-17)9-5-12-16(3)8(9)2/h5,7H,4,6H2,1-3H3,(H,18,19). The fourth-order valence-electron chi connectivity index (χ4n) is 1.90. The van der Waals surface area contributed by atoms with Gasteiger partial charge in [0.05, 0.1) is 11.8 Å². The van der Waals surface area contributed by atoms with Gasteiger partial charge < -0.3 is 5.11 Å². The Hall–Kier alpha value is -2.25. The van der Waals surface area contributed by atoms with Gasteiger partial charge in [0.25, 0.3) is 0 Å². The minimum absolute atomic E-state index is 0.0447. The molecule has 0 amide bonds. The molecular weight excluding hydrogens is 248 g/mol. The van der Waals surface area contributed by atoms with Crippen molar-refractivity contribution in [2.24, 2.45) is 13.0 Å². The van der Waals surface area contributed by atoms with Crippen LogP contribution in [0.4, 0.5) is 0 Å². The fraction of sp³-hybridized carbons (Fsp3) is 0.545. The van der Waals surface area contributed by atoms with E-state index < -0.39 is 5.97 Å². The number of carboxylic acid groups (broad SMARTS) is 1. The molecule has 0 fully saturated rings. The van der Waals surface area contributed by atoms with Gasteiger partial charge >= 0.3 is 5.97 Å². The molecular formula is C11H16N6O2. The normalized spacial score (nSPS) is 12.6. The van der Waals surface area contributed by atoms with E-state index >= 15 is 0 Å². The number of carboxylic acids is 1. The van der Waals surface area contributed by atoms with Crippen LogP contribution in [0.3, 0.4) is 0 Å². The third-order valence-electron chi connectivity index (χ3n) is 3.02. The second kappa shape index (κ2) is 5.17. The highest BCUT2D eigenvalue weighted by atomic mass is 16.4. The van der Waals surface area contributed by atoms with Crippen molar-refractivity contribution in [3.63, 3.8) is 0 Å². The monoisotopic (exact) mass is 264 g/mol. The van der Waals surface area contributed by atoms with Crippen LogP contribution < -0.4 is 0 Å². The first-order valence-corrected chi connectivity index (χ1v) is 5.96.